The predicted molar refractivity (Wildman–Crippen MR) is 65.3 cm³/mol. The van der Waals surface area contributed by atoms with E-state index in [4.69, 9.17) is 0 Å². The van der Waals surface area contributed by atoms with Crippen LogP contribution in [0.1, 0.15) is 25.0 Å². The van der Waals surface area contributed by atoms with Crippen LogP contribution in [0.25, 0.3) is 0 Å². The Labute approximate surface area is 114 Å². The summed E-state index contributed by atoms with van der Waals surface area (Å²) in [5.41, 5.74) is 0.281. The van der Waals surface area contributed by atoms with Crippen LogP contribution in [-0.4, -0.2) is 35.5 Å². The molecule has 0 saturated carbocycles. The number of aliphatic hydroxyl groups is 2. The zero-order valence-electron chi connectivity index (χ0n) is 10.8. The van der Waals surface area contributed by atoms with Gasteiger partial charge < -0.3 is 19.7 Å². The average Bonchev–Trinajstić information content (AvgIpc) is 2.38. The maximum Gasteiger partial charge on any atom is 0.387 e. The molecule has 112 valence electrons. The number of hydrogen-bond donors (Lipinski definition) is 2. The lowest BCUT2D eigenvalue weighted by molar-refractivity contribution is -0.147. The molecule has 2 atom stereocenters. The zero-order chi connectivity index (χ0) is 15.1. The van der Waals surface area contributed by atoms with Crippen LogP contribution in [0.4, 0.5) is 8.78 Å². The van der Waals surface area contributed by atoms with Crippen LogP contribution in [0, 0.1) is 0 Å². The molecule has 7 heteroatoms. The molecule has 0 radical (unpaired) electrons. The lowest BCUT2D eigenvalue weighted by Gasteiger charge is -2.17. The van der Waals surface area contributed by atoms with Gasteiger partial charge in [0.05, 0.1) is 19.1 Å². The summed E-state index contributed by atoms with van der Waals surface area (Å²) in [5.74, 6) is -0.687. The minimum absolute atomic E-state index is 0.0594. The summed E-state index contributed by atoms with van der Waals surface area (Å²) in [6.45, 7) is -1.12. The van der Waals surface area contributed by atoms with Gasteiger partial charge in [0, 0.05) is 0 Å². The molecule has 1 aromatic rings. The van der Waals surface area contributed by atoms with Crippen molar-refractivity contribution >= 4 is 5.97 Å². The summed E-state index contributed by atoms with van der Waals surface area (Å²) in [6.07, 6.45) is -3.01. The van der Waals surface area contributed by atoms with E-state index in [0.29, 0.717) is 0 Å². The second-order valence-electron chi connectivity index (χ2n) is 3.97. The summed E-state index contributed by atoms with van der Waals surface area (Å²) >= 11 is 0. The smallest absolute Gasteiger partial charge is 0.387 e. The topological polar surface area (TPSA) is 76.0 Å². The number of benzene rings is 1. The maximum atomic E-state index is 12.0. The second-order valence-corrected chi connectivity index (χ2v) is 3.97. The normalized spacial score (nSPS) is 13.9. The van der Waals surface area contributed by atoms with E-state index in [0.717, 1.165) is 0 Å². The van der Waals surface area contributed by atoms with Gasteiger partial charge >= 0.3 is 12.6 Å². The van der Waals surface area contributed by atoms with Gasteiger partial charge in [0.15, 0.2) is 0 Å². The van der Waals surface area contributed by atoms with Crippen molar-refractivity contribution < 1.29 is 33.3 Å². The molecule has 1 rings (SSSR count). The highest BCUT2D eigenvalue weighted by Crippen LogP contribution is 2.22. The van der Waals surface area contributed by atoms with E-state index in [1.165, 1.54) is 24.3 Å². The lowest BCUT2D eigenvalue weighted by Crippen LogP contribution is -2.23. The zero-order valence-corrected chi connectivity index (χ0v) is 10.8. The van der Waals surface area contributed by atoms with Crippen molar-refractivity contribution in [3.8, 4) is 5.75 Å². The number of ether oxygens (including phenoxy) is 2. The molecule has 0 aliphatic heterocycles. The molecule has 1 aromatic carbocycles. The van der Waals surface area contributed by atoms with Crippen LogP contribution in [0.15, 0.2) is 24.3 Å². The molecular formula is C13H16F2O5. The Morgan fingerprint density at radius 1 is 1.25 bits per heavy atom. The number of alkyl halides is 2. The van der Waals surface area contributed by atoms with Gasteiger partial charge in [-0.15, -0.1) is 0 Å². The van der Waals surface area contributed by atoms with Crippen LogP contribution in [0.2, 0.25) is 0 Å². The molecule has 0 heterocycles. The largest absolute Gasteiger partial charge is 0.466 e. The molecule has 0 saturated heterocycles. The third-order valence-electron chi connectivity index (χ3n) is 2.49. The third-order valence-corrected chi connectivity index (χ3v) is 2.49. The van der Waals surface area contributed by atoms with Gasteiger partial charge in [-0.25, -0.2) is 0 Å². The number of aliphatic hydroxyl groups excluding tert-OH is 2. The quantitative estimate of drug-likeness (QED) is 0.747. The fraction of sp³-hybridized carbons (Fsp3) is 0.462. The number of esters is 1. The first-order chi connectivity index (χ1) is 9.43. The van der Waals surface area contributed by atoms with Crippen molar-refractivity contribution in [3.63, 3.8) is 0 Å². The van der Waals surface area contributed by atoms with Crippen molar-refractivity contribution in [2.75, 3.05) is 6.61 Å². The average molecular weight is 290 g/mol. The third kappa shape index (κ3) is 5.10. The Hall–Kier alpha value is -1.73. The Morgan fingerprint density at radius 2 is 1.85 bits per heavy atom. The SMILES string of the molecule is CCOC(=O)CC(O)C(O)c1ccc(OC(F)F)cc1. The van der Waals surface area contributed by atoms with Crippen molar-refractivity contribution in [2.24, 2.45) is 0 Å². The van der Waals surface area contributed by atoms with E-state index in [-0.39, 0.29) is 24.3 Å². The molecule has 0 spiro atoms. The first-order valence-electron chi connectivity index (χ1n) is 6.00. The number of carbonyl (C=O) groups excluding carboxylic acids is 1. The summed E-state index contributed by atoms with van der Waals surface area (Å²) in [6, 6.07) is 5.14. The van der Waals surface area contributed by atoms with Gasteiger partial charge in [-0.2, -0.15) is 8.78 Å². The molecular weight excluding hydrogens is 274 g/mol. The van der Waals surface area contributed by atoms with Crippen molar-refractivity contribution in [2.45, 2.75) is 32.2 Å². The van der Waals surface area contributed by atoms with Crippen LogP contribution < -0.4 is 4.74 Å². The molecule has 0 aromatic heterocycles. The number of carbonyl (C=O) groups is 1. The van der Waals surface area contributed by atoms with E-state index < -0.39 is 24.8 Å². The van der Waals surface area contributed by atoms with Crippen LogP contribution >= 0.6 is 0 Å². The van der Waals surface area contributed by atoms with E-state index >= 15 is 0 Å². The van der Waals surface area contributed by atoms with Gasteiger partial charge in [0.1, 0.15) is 11.9 Å². The molecule has 20 heavy (non-hydrogen) atoms. The van der Waals surface area contributed by atoms with Gasteiger partial charge in [0.25, 0.3) is 0 Å². The number of rotatable bonds is 7. The predicted octanol–water partition coefficient (Wildman–Crippen LogP) is 1.64. The Morgan fingerprint density at radius 3 is 2.35 bits per heavy atom. The van der Waals surface area contributed by atoms with Crippen LogP contribution in [-0.2, 0) is 9.53 Å². The van der Waals surface area contributed by atoms with Crippen molar-refractivity contribution in [1.29, 1.82) is 0 Å². The number of hydrogen-bond acceptors (Lipinski definition) is 5. The molecule has 2 unspecified atom stereocenters. The first-order valence-corrected chi connectivity index (χ1v) is 6.00. The fourth-order valence-corrected chi connectivity index (χ4v) is 1.57. The highest BCUT2D eigenvalue weighted by atomic mass is 19.3. The highest BCUT2D eigenvalue weighted by molar-refractivity contribution is 5.70. The monoisotopic (exact) mass is 290 g/mol. The van der Waals surface area contributed by atoms with Gasteiger partial charge in [-0.1, -0.05) is 12.1 Å². The first kappa shape index (κ1) is 16.3. The lowest BCUT2D eigenvalue weighted by atomic mass is 10.0. The minimum atomic E-state index is -2.93. The van der Waals surface area contributed by atoms with Crippen molar-refractivity contribution in [1.82, 2.24) is 0 Å². The highest BCUT2D eigenvalue weighted by Gasteiger charge is 2.22. The van der Waals surface area contributed by atoms with Gasteiger partial charge in [-0.3, -0.25) is 4.79 Å². The Kier molecular flexibility index (Phi) is 6.33. The summed E-state index contributed by atoms with van der Waals surface area (Å²) in [4.78, 5) is 11.2. The molecule has 0 aliphatic carbocycles. The minimum Gasteiger partial charge on any atom is -0.466 e. The standard InChI is InChI=1S/C13H16F2O5/c1-2-19-11(17)7-10(16)12(18)8-3-5-9(6-4-8)20-13(14)15/h3-6,10,12-13,16,18H,2,7H2,1H3. The molecule has 2 N–H and O–H groups in total. The van der Waals surface area contributed by atoms with E-state index in [1.54, 1.807) is 6.92 Å². The van der Waals surface area contributed by atoms with Gasteiger partial charge in [0.2, 0.25) is 0 Å². The molecule has 0 amide bonds. The molecule has 0 fully saturated rings. The number of halogens is 2. The maximum absolute atomic E-state index is 12.0. The summed E-state index contributed by atoms with van der Waals surface area (Å²) in [5, 5.41) is 19.5. The molecule has 5 nitrogen and oxygen atoms in total. The van der Waals surface area contributed by atoms with E-state index in [9.17, 15) is 23.8 Å². The Bertz CT molecular complexity index is 421. The fourth-order valence-electron chi connectivity index (χ4n) is 1.57. The summed E-state index contributed by atoms with van der Waals surface area (Å²) in [7, 11) is 0. The van der Waals surface area contributed by atoms with Crippen LogP contribution in [0.5, 0.6) is 5.75 Å². The molecule has 0 bridgehead atoms. The van der Waals surface area contributed by atoms with Crippen LogP contribution in [0.3, 0.4) is 0 Å². The Balaban J connectivity index is 2.62. The summed E-state index contributed by atoms with van der Waals surface area (Å²) < 4.78 is 32.7. The molecule has 0 aliphatic rings. The second kappa shape index (κ2) is 7.76. The van der Waals surface area contributed by atoms with E-state index in [1.807, 2.05) is 0 Å². The van der Waals surface area contributed by atoms with E-state index in [2.05, 4.69) is 9.47 Å². The van der Waals surface area contributed by atoms with Crippen molar-refractivity contribution in [3.05, 3.63) is 29.8 Å². The van der Waals surface area contributed by atoms with Gasteiger partial charge in [-0.05, 0) is 24.6 Å².